The molecule has 0 atom stereocenters. The Labute approximate surface area is 158 Å². The maximum absolute atomic E-state index is 12.0. The van der Waals surface area contributed by atoms with Crippen LogP contribution in [0.5, 0.6) is 11.5 Å². The molecule has 5 nitrogen and oxygen atoms in total. The standard InChI is InChI=1S/C16H14BrClN2O3S/c1-22-13-7-10(15(21)20-16(19)24)6-12(17)14(13)23-8-9-3-2-4-11(18)5-9/h2-7H,8H2,1H3,(H3,19,20,21,24). The Hall–Kier alpha value is -1.83. The summed E-state index contributed by atoms with van der Waals surface area (Å²) in [5.74, 6) is 0.451. The van der Waals surface area contributed by atoms with Crippen LogP contribution in [0.15, 0.2) is 40.9 Å². The van der Waals surface area contributed by atoms with E-state index in [9.17, 15) is 4.79 Å². The topological polar surface area (TPSA) is 73.6 Å². The lowest BCUT2D eigenvalue weighted by Gasteiger charge is -2.14. The fourth-order valence-corrected chi connectivity index (χ4v) is 2.82. The summed E-state index contributed by atoms with van der Waals surface area (Å²) < 4.78 is 11.7. The molecule has 1 amide bonds. The van der Waals surface area contributed by atoms with Gasteiger partial charge in [0.1, 0.15) is 6.61 Å². The van der Waals surface area contributed by atoms with Gasteiger partial charge in [0, 0.05) is 10.6 Å². The SMILES string of the molecule is COc1cc(C(=O)NC(N)=S)cc(Br)c1OCc1cccc(Cl)c1. The second kappa shape index (κ2) is 8.32. The zero-order valence-electron chi connectivity index (χ0n) is 12.6. The molecular formula is C16H14BrClN2O3S. The monoisotopic (exact) mass is 428 g/mol. The van der Waals surface area contributed by atoms with Crippen molar-refractivity contribution in [3.63, 3.8) is 0 Å². The Morgan fingerprint density at radius 3 is 2.75 bits per heavy atom. The number of thiocarbonyl (C=S) groups is 1. The van der Waals surface area contributed by atoms with Crippen LogP contribution in [0.1, 0.15) is 15.9 Å². The lowest BCUT2D eigenvalue weighted by molar-refractivity contribution is 0.0977. The summed E-state index contributed by atoms with van der Waals surface area (Å²) in [6.07, 6.45) is 0. The normalized spacial score (nSPS) is 10.1. The summed E-state index contributed by atoms with van der Waals surface area (Å²) in [5.41, 5.74) is 6.56. The van der Waals surface area contributed by atoms with Crippen molar-refractivity contribution in [1.82, 2.24) is 5.32 Å². The van der Waals surface area contributed by atoms with Crippen molar-refractivity contribution in [2.24, 2.45) is 5.73 Å². The molecule has 0 saturated heterocycles. The number of nitrogens with one attached hydrogen (secondary N) is 1. The summed E-state index contributed by atoms with van der Waals surface area (Å²) >= 11 is 14.0. The lowest BCUT2D eigenvalue weighted by Crippen LogP contribution is -2.34. The zero-order chi connectivity index (χ0) is 17.7. The van der Waals surface area contributed by atoms with E-state index in [0.29, 0.717) is 33.2 Å². The summed E-state index contributed by atoms with van der Waals surface area (Å²) in [4.78, 5) is 12.0. The molecule has 0 spiro atoms. The van der Waals surface area contributed by atoms with Crippen LogP contribution in [0.3, 0.4) is 0 Å². The second-order valence-electron chi connectivity index (χ2n) is 4.73. The summed E-state index contributed by atoms with van der Waals surface area (Å²) in [6.45, 7) is 0.300. The van der Waals surface area contributed by atoms with Crippen LogP contribution in [0.4, 0.5) is 0 Å². The van der Waals surface area contributed by atoms with Gasteiger partial charge in [0.25, 0.3) is 5.91 Å². The number of carbonyl (C=O) groups is 1. The van der Waals surface area contributed by atoms with Gasteiger partial charge in [-0.25, -0.2) is 0 Å². The largest absolute Gasteiger partial charge is 0.493 e. The minimum Gasteiger partial charge on any atom is -0.493 e. The number of hydrogen-bond acceptors (Lipinski definition) is 4. The Morgan fingerprint density at radius 2 is 2.12 bits per heavy atom. The van der Waals surface area contributed by atoms with E-state index in [1.807, 2.05) is 18.2 Å². The number of methoxy groups -OCH3 is 1. The van der Waals surface area contributed by atoms with Gasteiger partial charge >= 0.3 is 0 Å². The molecule has 3 N–H and O–H groups in total. The number of benzene rings is 2. The van der Waals surface area contributed by atoms with Crippen molar-refractivity contribution in [1.29, 1.82) is 0 Å². The third-order valence-electron chi connectivity index (χ3n) is 3.00. The molecule has 0 radical (unpaired) electrons. The van der Waals surface area contributed by atoms with Gasteiger partial charge in [-0.2, -0.15) is 0 Å². The molecule has 0 fully saturated rings. The van der Waals surface area contributed by atoms with Gasteiger partial charge < -0.3 is 15.2 Å². The van der Waals surface area contributed by atoms with E-state index in [0.717, 1.165) is 5.56 Å². The fourth-order valence-electron chi connectivity index (χ4n) is 1.96. The smallest absolute Gasteiger partial charge is 0.257 e. The van der Waals surface area contributed by atoms with Crippen molar-refractivity contribution in [2.75, 3.05) is 7.11 Å². The summed E-state index contributed by atoms with van der Waals surface area (Å²) in [6, 6.07) is 10.5. The molecule has 8 heteroatoms. The number of hydrogen-bond donors (Lipinski definition) is 2. The fraction of sp³-hybridized carbons (Fsp3) is 0.125. The molecular weight excluding hydrogens is 416 g/mol. The number of rotatable bonds is 5. The van der Waals surface area contributed by atoms with Crippen molar-refractivity contribution < 1.29 is 14.3 Å². The minimum atomic E-state index is -0.428. The van der Waals surface area contributed by atoms with E-state index >= 15 is 0 Å². The van der Waals surface area contributed by atoms with E-state index in [-0.39, 0.29) is 5.11 Å². The molecule has 0 aromatic heterocycles. The van der Waals surface area contributed by atoms with Crippen LogP contribution < -0.4 is 20.5 Å². The Bertz CT molecular complexity index is 786. The van der Waals surface area contributed by atoms with E-state index in [2.05, 4.69) is 33.5 Å². The molecule has 0 saturated carbocycles. The van der Waals surface area contributed by atoms with Gasteiger partial charge in [0.15, 0.2) is 16.6 Å². The van der Waals surface area contributed by atoms with Crippen molar-refractivity contribution in [2.45, 2.75) is 6.61 Å². The molecule has 0 unspecified atom stereocenters. The second-order valence-corrected chi connectivity index (χ2v) is 6.46. The first kappa shape index (κ1) is 18.5. The number of amides is 1. The molecule has 0 aliphatic rings. The highest BCUT2D eigenvalue weighted by atomic mass is 79.9. The molecule has 0 aliphatic heterocycles. The quantitative estimate of drug-likeness (QED) is 0.710. The van der Waals surface area contributed by atoms with Gasteiger partial charge in [-0.3, -0.25) is 10.1 Å². The third-order valence-corrected chi connectivity index (χ3v) is 3.93. The predicted molar refractivity (Wildman–Crippen MR) is 101 cm³/mol. The van der Waals surface area contributed by atoms with Crippen LogP contribution in [-0.2, 0) is 6.61 Å². The first-order valence-electron chi connectivity index (χ1n) is 6.76. The number of nitrogens with two attached hydrogens (primary N) is 1. The number of carbonyl (C=O) groups excluding carboxylic acids is 1. The van der Waals surface area contributed by atoms with Gasteiger partial charge in [-0.1, -0.05) is 23.7 Å². The highest BCUT2D eigenvalue weighted by Gasteiger charge is 2.16. The maximum Gasteiger partial charge on any atom is 0.257 e. The van der Waals surface area contributed by atoms with Gasteiger partial charge in [-0.15, -0.1) is 0 Å². The average Bonchev–Trinajstić information content (AvgIpc) is 2.52. The zero-order valence-corrected chi connectivity index (χ0v) is 15.8. The average molecular weight is 430 g/mol. The Morgan fingerprint density at radius 1 is 1.38 bits per heavy atom. The molecule has 0 heterocycles. The van der Waals surface area contributed by atoms with E-state index in [1.54, 1.807) is 18.2 Å². The third kappa shape index (κ3) is 4.83. The van der Waals surface area contributed by atoms with Crippen molar-refractivity contribution in [3.05, 3.63) is 57.0 Å². The molecule has 0 bridgehead atoms. The Kier molecular flexibility index (Phi) is 6.42. The minimum absolute atomic E-state index is 0.101. The molecule has 0 aliphatic carbocycles. The van der Waals surface area contributed by atoms with Crippen LogP contribution >= 0.6 is 39.7 Å². The molecule has 2 aromatic rings. The van der Waals surface area contributed by atoms with E-state index < -0.39 is 5.91 Å². The highest BCUT2D eigenvalue weighted by molar-refractivity contribution is 9.10. The van der Waals surface area contributed by atoms with Gasteiger partial charge in [0.05, 0.1) is 11.6 Å². The van der Waals surface area contributed by atoms with Crippen LogP contribution in [0, 0.1) is 0 Å². The van der Waals surface area contributed by atoms with E-state index in [1.165, 1.54) is 7.11 Å². The predicted octanol–water partition coefficient (Wildman–Crippen LogP) is 3.66. The van der Waals surface area contributed by atoms with Crippen LogP contribution in [0.25, 0.3) is 0 Å². The maximum atomic E-state index is 12.0. The van der Waals surface area contributed by atoms with Gasteiger partial charge in [0.2, 0.25) is 0 Å². The Balaban J connectivity index is 2.23. The van der Waals surface area contributed by atoms with Crippen molar-refractivity contribution >= 4 is 50.8 Å². The number of ether oxygens (including phenoxy) is 2. The van der Waals surface area contributed by atoms with Crippen molar-refractivity contribution in [3.8, 4) is 11.5 Å². The molecule has 126 valence electrons. The first-order valence-corrected chi connectivity index (χ1v) is 8.34. The lowest BCUT2D eigenvalue weighted by atomic mass is 10.2. The van der Waals surface area contributed by atoms with E-state index in [4.69, 9.17) is 26.8 Å². The summed E-state index contributed by atoms with van der Waals surface area (Å²) in [5, 5.41) is 2.89. The first-order chi connectivity index (χ1) is 11.4. The van der Waals surface area contributed by atoms with Crippen LogP contribution in [0.2, 0.25) is 5.02 Å². The van der Waals surface area contributed by atoms with Crippen LogP contribution in [-0.4, -0.2) is 18.1 Å². The highest BCUT2D eigenvalue weighted by Crippen LogP contribution is 2.37. The summed E-state index contributed by atoms with van der Waals surface area (Å²) in [7, 11) is 1.49. The molecule has 24 heavy (non-hydrogen) atoms. The number of halogens is 2. The van der Waals surface area contributed by atoms with Gasteiger partial charge in [-0.05, 0) is 58.0 Å². The molecule has 2 rings (SSSR count). The molecule has 2 aromatic carbocycles.